The van der Waals surface area contributed by atoms with Gasteiger partial charge in [0.15, 0.2) is 0 Å². The maximum absolute atomic E-state index is 5.65. The van der Waals surface area contributed by atoms with Gasteiger partial charge in [-0.25, -0.2) is 0 Å². The molecule has 0 saturated heterocycles. The van der Waals surface area contributed by atoms with Crippen molar-refractivity contribution in [3.05, 3.63) is 0 Å². The summed E-state index contributed by atoms with van der Waals surface area (Å²) in [6, 6.07) is 0.281. The molecule has 0 aromatic heterocycles. The molecule has 0 aromatic carbocycles. The van der Waals surface area contributed by atoms with Gasteiger partial charge in [-0.3, -0.25) is 0 Å². The molecule has 0 radical (unpaired) electrons. The second-order valence-electron chi connectivity index (χ2n) is 2.05. The molecule has 0 aliphatic rings. The van der Waals surface area contributed by atoms with E-state index in [1.807, 2.05) is 0 Å². The fraction of sp³-hybridized carbons (Fsp3) is 1.00. The molecule has 0 aliphatic carbocycles. The highest BCUT2D eigenvalue weighted by Crippen LogP contribution is 2.06. The predicted molar refractivity (Wildman–Crippen MR) is 41.3 cm³/mol. The van der Waals surface area contributed by atoms with E-state index in [0.717, 1.165) is 12.8 Å². The minimum absolute atomic E-state index is 0.281. The quantitative estimate of drug-likeness (QED) is 0.560. The van der Waals surface area contributed by atoms with Crippen LogP contribution in [0.5, 0.6) is 0 Å². The van der Waals surface area contributed by atoms with Gasteiger partial charge >= 0.3 is 0 Å². The maximum Gasteiger partial charge on any atom is 0.0166 e. The molecule has 0 rings (SSSR count). The zero-order valence-corrected chi connectivity index (χ0v) is 6.49. The summed E-state index contributed by atoms with van der Waals surface area (Å²) in [5, 5.41) is 0.389. The molecular weight excluding hydrogens is 118 g/mol. The summed E-state index contributed by atoms with van der Waals surface area (Å²) in [7, 11) is 0. The van der Waals surface area contributed by atoms with Gasteiger partial charge in [0.1, 0.15) is 0 Å². The van der Waals surface area contributed by atoms with E-state index in [1.165, 1.54) is 0 Å². The van der Waals surface area contributed by atoms with E-state index in [2.05, 4.69) is 26.5 Å². The van der Waals surface area contributed by atoms with Crippen LogP contribution in [0.3, 0.4) is 0 Å². The van der Waals surface area contributed by atoms with Crippen LogP contribution in [0.15, 0.2) is 0 Å². The van der Waals surface area contributed by atoms with Crippen LogP contribution in [0.1, 0.15) is 26.7 Å². The first-order valence-electron chi connectivity index (χ1n) is 3.16. The van der Waals surface area contributed by atoms with Crippen molar-refractivity contribution in [2.24, 2.45) is 5.73 Å². The SMILES string of the molecule is CCC(N)C(S)CC. The molecule has 1 nitrogen and oxygen atoms in total. The molecule has 0 aromatic rings. The monoisotopic (exact) mass is 133 g/mol. The molecule has 2 heteroatoms. The second kappa shape index (κ2) is 4.21. The molecule has 0 fully saturated rings. The lowest BCUT2D eigenvalue weighted by atomic mass is 10.1. The minimum atomic E-state index is 0.281. The molecule has 2 unspecified atom stereocenters. The first-order chi connectivity index (χ1) is 3.72. The number of rotatable bonds is 3. The Balaban J connectivity index is 3.29. The van der Waals surface area contributed by atoms with Gasteiger partial charge in [-0.05, 0) is 12.8 Å². The normalized spacial score (nSPS) is 18.0. The van der Waals surface area contributed by atoms with Gasteiger partial charge in [0.25, 0.3) is 0 Å². The van der Waals surface area contributed by atoms with Crippen molar-refractivity contribution in [2.45, 2.75) is 38.0 Å². The smallest absolute Gasteiger partial charge is 0.0166 e. The molecular formula is C6H15NS. The minimum Gasteiger partial charge on any atom is -0.327 e. The lowest BCUT2D eigenvalue weighted by molar-refractivity contribution is 0.605. The molecule has 0 amide bonds. The number of nitrogens with two attached hydrogens (primary N) is 1. The summed E-state index contributed by atoms with van der Waals surface area (Å²) < 4.78 is 0. The topological polar surface area (TPSA) is 26.0 Å². The van der Waals surface area contributed by atoms with Gasteiger partial charge in [-0.15, -0.1) is 0 Å². The van der Waals surface area contributed by atoms with Crippen molar-refractivity contribution >= 4 is 12.6 Å². The number of hydrogen-bond donors (Lipinski definition) is 2. The van der Waals surface area contributed by atoms with Crippen molar-refractivity contribution in [3.8, 4) is 0 Å². The Kier molecular flexibility index (Phi) is 4.38. The lowest BCUT2D eigenvalue weighted by Gasteiger charge is -2.13. The molecule has 0 aliphatic heterocycles. The Morgan fingerprint density at radius 1 is 1.38 bits per heavy atom. The van der Waals surface area contributed by atoms with Gasteiger partial charge in [-0.1, -0.05) is 13.8 Å². The van der Waals surface area contributed by atoms with Gasteiger partial charge < -0.3 is 5.73 Å². The van der Waals surface area contributed by atoms with Crippen molar-refractivity contribution in [1.82, 2.24) is 0 Å². The Morgan fingerprint density at radius 3 is 2.00 bits per heavy atom. The summed E-state index contributed by atoms with van der Waals surface area (Å²) >= 11 is 4.28. The zero-order valence-electron chi connectivity index (χ0n) is 5.59. The fourth-order valence-electron chi connectivity index (χ4n) is 0.575. The predicted octanol–water partition coefficient (Wildman–Crippen LogP) is 1.43. The molecule has 0 saturated carbocycles. The van der Waals surface area contributed by atoms with Crippen LogP contribution in [-0.2, 0) is 0 Å². The zero-order chi connectivity index (χ0) is 6.57. The van der Waals surface area contributed by atoms with Crippen molar-refractivity contribution < 1.29 is 0 Å². The Bertz CT molecular complexity index is 48.5. The highest BCUT2D eigenvalue weighted by molar-refractivity contribution is 7.81. The van der Waals surface area contributed by atoms with E-state index in [-0.39, 0.29) is 6.04 Å². The van der Waals surface area contributed by atoms with E-state index in [0.29, 0.717) is 5.25 Å². The second-order valence-corrected chi connectivity index (χ2v) is 2.71. The van der Waals surface area contributed by atoms with E-state index in [4.69, 9.17) is 5.73 Å². The molecule has 8 heavy (non-hydrogen) atoms. The lowest BCUT2D eigenvalue weighted by Crippen LogP contribution is -2.29. The van der Waals surface area contributed by atoms with Gasteiger partial charge in [0.2, 0.25) is 0 Å². The van der Waals surface area contributed by atoms with E-state index in [1.54, 1.807) is 0 Å². The standard InChI is InChI=1S/C6H15NS/c1-3-5(7)6(8)4-2/h5-6,8H,3-4,7H2,1-2H3. The van der Waals surface area contributed by atoms with Gasteiger partial charge in [-0.2, -0.15) is 12.6 Å². The van der Waals surface area contributed by atoms with Gasteiger partial charge in [0.05, 0.1) is 0 Å². The largest absolute Gasteiger partial charge is 0.327 e. The number of thiol groups is 1. The third-order valence-electron chi connectivity index (χ3n) is 1.38. The maximum atomic E-state index is 5.65. The Labute approximate surface area is 57.1 Å². The van der Waals surface area contributed by atoms with Crippen LogP contribution in [0.25, 0.3) is 0 Å². The summed E-state index contributed by atoms with van der Waals surface area (Å²) in [5.74, 6) is 0. The fourth-order valence-corrected chi connectivity index (χ4v) is 0.786. The molecule has 2 N–H and O–H groups in total. The molecule has 50 valence electrons. The average molecular weight is 133 g/mol. The van der Waals surface area contributed by atoms with E-state index in [9.17, 15) is 0 Å². The van der Waals surface area contributed by atoms with Crippen LogP contribution in [0.4, 0.5) is 0 Å². The first kappa shape index (κ1) is 8.31. The third-order valence-corrected chi connectivity index (χ3v) is 2.13. The van der Waals surface area contributed by atoms with Gasteiger partial charge in [0, 0.05) is 11.3 Å². The van der Waals surface area contributed by atoms with Crippen molar-refractivity contribution in [3.63, 3.8) is 0 Å². The van der Waals surface area contributed by atoms with Crippen molar-refractivity contribution in [2.75, 3.05) is 0 Å². The number of hydrogen-bond acceptors (Lipinski definition) is 2. The van der Waals surface area contributed by atoms with E-state index < -0.39 is 0 Å². The summed E-state index contributed by atoms with van der Waals surface area (Å²) in [5.41, 5.74) is 5.65. The van der Waals surface area contributed by atoms with E-state index >= 15 is 0 Å². The highest BCUT2D eigenvalue weighted by Gasteiger charge is 2.07. The molecule has 0 bridgehead atoms. The van der Waals surface area contributed by atoms with Crippen LogP contribution < -0.4 is 5.73 Å². The summed E-state index contributed by atoms with van der Waals surface area (Å²) in [6.07, 6.45) is 2.10. The van der Waals surface area contributed by atoms with Crippen LogP contribution >= 0.6 is 12.6 Å². The first-order valence-corrected chi connectivity index (χ1v) is 3.67. The van der Waals surface area contributed by atoms with Crippen LogP contribution in [0.2, 0.25) is 0 Å². The Morgan fingerprint density at radius 2 is 1.88 bits per heavy atom. The highest BCUT2D eigenvalue weighted by atomic mass is 32.1. The summed E-state index contributed by atoms with van der Waals surface area (Å²) in [4.78, 5) is 0. The summed E-state index contributed by atoms with van der Waals surface area (Å²) in [6.45, 7) is 4.19. The Hall–Kier alpha value is 0.310. The third kappa shape index (κ3) is 2.58. The van der Waals surface area contributed by atoms with Crippen molar-refractivity contribution in [1.29, 1.82) is 0 Å². The molecule has 0 heterocycles. The average Bonchev–Trinajstić information content (AvgIpc) is 1.84. The molecule has 2 atom stereocenters. The molecule has 0 spiro atoms. The van der Waals surface area contributed by atoms with Crippen LogP contribution in [-0.4, -0.2) is 11.3 Å². The van der Waals surface area contributed by atoms with Crippen LogP contribution in [0, 0.1) is 0 Å².